The Morgan fingerprint density at radius 2 is 1.93 bits per heavy atom. The Morgan fingerprint density at radius 3 is 2.57 bits per heavy atom. The number of carbonyl (C=O) groups excluding carboxylic acids is 2. The molecule has 0 aliphatic carbocycles. The second kappa shape index (κ2) is 8.39. The van der Waals surface area contributed by atoms with E-state index in [1.165, 1.54) is 11.8 Å². The lowest BCUT2D eigenvalue weighted by Gasteiger charge is -2.17. The molecule has 3 rings (SSSR count). The maximum absolute atomic E-state index is 12.5. The van der Waals surface area contributed by atoms with Crippen molar-refractivity contribution < 1.29 is 14.0 Å². The Kier molecular flexibility index (Phi) is 5.93. The van der Waals surface area contributed by atoms with Crippen molar-refractivity contribution in [1.82, 2.24) is 20.2 Å². The predicted octanol–water partition coefficient (Wildman–Crippen LogP) is 3.27. The largest absolute Gasteiger partial charge is 0.467 e. The molecule has 2 aromatic heterocycles. The minimum Gasteiger partial charge on any atom is -0.467 e. The van der Waals surface area contributed by atoms with E-state index in [0.717, 1.165) is 5.76 Å². The average molecular weight is 399 g/mol. The second-order valence-corrected chi connectivity index (χ2v) is 8.13. The number of rotatable bonds is 7. The van der Waals surface area contributed by atoms with Crippen LogP contribution in [-0.2, 0) is 11.3 Å². The number of anilines is 1. The lowest BCUT2D eigenvalue weighted by molar-refractivity contribution is -0.123. The first-order valence-electron chi connectivity index (χ1n) is 8.69. The molecular weight excluding hydrogens is 378 g/mol. The summed E-state index contributed by atoms with van der Waals surface area (Å²) in [4.78, 5) is 24.5. The Balaban J connectivity index is 1.57. The zero-order valence-electron chi connectivity index (χ0n) is 15.9. The van der Waals surface area contributed by atoms with Crippen LogP contribution in [-0.4, -0.2) is 37.7 Å². The van der Waals surface area contributed by atoms with E-state index in [1.54, 1.807) is 41.3 Å². The van der Waals surface area contributed by atoms with Crippen molar-refractivity contribution in [3.05, 3.63) is 54.0 Å². The molecule has 0 bridgehead atoms. The van der Waals surface area contributed by atoms with E-state index < -0.39 is 5.41 Å². The molecule has 28 heavy (non-hydrogen) atoms. The number of furan rings is 1. The van der Waals surface area contributed by atoms with Gasteiger partial charge in [0.25, 0.3) is 0 Å². The van der Waals surface area contributed by atoms with Gasteiger partial charge in [-0.3, -0.25) is 9.59 Å². The molecule has 8 nitrogen and oxygen atoms in total. The van der Waals surface area contributed by atoms with Crippen molar-refractivity contribution in [2.45, 2.75) is 32.5 Å². The van der Waals surface area contributed by atoms with Crippen LogP contribution in [0.2, 0.25) is 0 Å². The van der Waals surface area contributed by atoms with Crippen LogP contribution in [0.4, 0.5) is 5.69 Å². The van der Waals surface area contributed by atoms with Gasteiger partial charge in [0.15, 0.2) is 5.78 Å². The summed E-state index contributed by atoms with van der Waals surface area (Å²) in [6, 6.07) is 10.5. The van der Waals surface area contributed by atoms with E-state index in [2.05, 4.69) is 20.8 Å². The number of nitrogens with one attached hydrogen (secondary N) is 1. The van der Waals surface area contributed by atoms with Crippen molar-refractivity contribution >= 4 is 29.1 Å². The zero-order chi connectivity index (χ0) is 20.1. The molecule has 0 aliphatic heterocycles. The number of ketones is 1. The topological polar surface area (TPSA) is 103 Å². The van der Waals surface area contributed by atoms with Crippen LogP contribution in [0.3, 0.4) is 0 Å². The molecule has 1 N–H and O–H groups in total. The minimum absolute atomic E-state index is 0.0498. The third-order valence-corrected chi connectivity index (χ3v) is 4.82. The molecule has 0 aliphatic rings. The summed E-state index contributed by atoms with van der Waals surface area (Å²) >= 11 is 1.26. The standard InChI is InChI=1S/C19H21N5O3S/c1-19(2,3)17(26)20-14-8-6-13(7-9-14)16(25)12-28-18-21-22-23-24(18)11-15-5-4-10-27-15/h4-10H,11-12H2,1-3H3,(H,20,26). The van der Waals surface area contributed by atoms with Crippen molar-refractivity contribution in [2.24, 2.45) is 5.41 Å². The number of amides is 1. The quantitative estimate of drug-likeness (QED) is 0.480. The normalized spacial score (nSPS) is 11.4. The van der Waals surface area contributed by atoms with Crippen LogP contribution >= 0.6 is 11.8 Å². The maximum Gasteiger partial charge on any atom is 0.229 e. The van der Waals surface area contributed by atoms with Gasteiger partial charge >= 0.3 is 0 Å². The number of aromatic nitrogens is 4. The first kappa shape index (κ1) is 19.8. The van der Waals surface area contributed by atoms with Gasteiger partial charge in [0.2, 0.25) is 11.1 Å². The summed E-state index contributed by atoms with van der Waals surface area (Å²) in [5.41, 5.74) is 0.739. The van der Waals surface area contributed by atoms with Crippen molar-refractivity contribution in [2.75, 3.05) is 11.1 Å². The van der Waals surface area contributed by atoms with Crippen LogP contribution < -0.4 is 5.32 Å². The van der Waals surface area contributed by atoms with E-state index in [9.17, 15) is 9.59 Å². The fourth-order valence-electron chi connectivity index (χ4n) is 2.22. The summed E-state index contributed by atoms with van der Waals surface area (Å²) in [5.74, 6) is 0.803. The van der Waals surface area contributed by atoms with Gasteiger partial charge in [-0.2, -0.15) is 0 Å². The highest BCUT2D eigenvalue weighted by Crippen LogP contribution is 2.20. The summed E-state index contributed by atoms with van der Waals surface area (Å²) < 4.78 is 6.88. The predicted molar refractivity (Wildman–Crippen MR) is 105 cm³/mol. The molecular formula is C19H21N5O3S. The van der Waals surface area contributed by atoms with Gasteiger partial charge in [0.05, 0.1) is 12.0 Å². The Morgan fingerprint density at radius 1 is 1.18 bits per heavy atom. The molecule has 0 fully saturated rings. The first-order valence-corrected chi connectivity index (χ1v) is 9.67. The van der Waals surface area contributed by atoms with Crippen LogP contribution in [0, 0.1) is 5.41 Å². The molecule has 2 heterocycles. The van der Waals surface area contributed by atoms with Crippen molar-refractivity contribution in [3.8, 4) is 0 Å². The lowest BCUT2D eigenvalue weighted by atomic mass is 9.95. The van der Waals surface area contributed by atoms with E-state index in [1.807, 2.05) is 26.8 Å². The Bertz CT molecular complexity index is 943. The molecule has 146 valence electrons. The summed E-state index contributed by atoms with van der Waals surface area (Å²) in [5, 5.41) is 14.9. The Labute approximate surface area is 166 Å². The van der Waals surface area contributed by atoms with Crippen molar-refractivity contribution in [1.29, 1.82) is 0 Å². The third kappa shape index (κ3) is 5.07. The van der Waals surface area contributed by atoms with Crippen LogP contribution in [0.5, 0.6) is 0 Å². The minimum atomic E-state index is -0.481. The number of nitrogens with zero attached hydrogens (tertiary/aromatic N) is 4. The lowest BCUT2D eigenvalue weighted by Crippen LogP contribution is -2.27. The number of benzene rings is 1. The molecule has 1 amide bonds. The maximum atomic E-state index is 12.5. The van der Waals surface area contributed by atoms with Crippen LogP contribution in [0.15, 0.2) is 52.2 Å². The monoisotopic (exact) mass is 399 g/mol. The van der Waals surface area contributed by atoms with Crippen LogP contribution in [0.1, 0.15) is 36.9 Å². The molecule has 0 saturated carbocycles. The van der Waals surface area contributed by atoms with Gasteiger partial charge in [-0.1, -0.05) is 32.5 Å². The fourth-order valence-corrected chi connectivity index (χ4v) is 2.99. The third-order valence-electron chi connectivity index (χ3n) is 3.86. The molecule has 1 aromatic carbocycles. The van der Waals surface area contributed by atoms with E-state index in [-0.39, 0.29) is 17.4 Å². The number of hydrogen-bond donors (Lipinski definition) is 1. The highest BCUT2D eigenvalue weighted by atomic mass is 32.2. The summed E-state index contributed by atoms with van der Waals surface area (Å²) in [6.07, 6.45) is 1.59. The SMILES string of the molecule is CC(C)(C)C(=O)Nc1ccc(C(=O)CSc2nnnn2Cc2ccco2)cc1. The zero-order valence-corrected chi connectivity index (χ0v) is 16.7. The van der Waals surface area contributed by atoms with E-state index >= 15 is 0 Å². The number of hydrogen-bond acceptors (Lipinski definition) is 7. The smallest absolute Gasteiger partial charge is 0.229 e. The Hall–Kier alpha value is -2.94. The van der Waals surface area contributed by atoms with Crippen molar-refractivity contribution in [3.63, 3.8) is 0 Å². The molecule has 0 saturated heterocycles. The highest BCUT2D eigenvalue weighted by molar-refractivity contribution is 7.99. The van der Waals surface area contributed by atoms with Gasteiger partial charge in [-0.05, 0) is 46.8 Å². The molecule has 0 atom stereocenters. The number of Topliss-reactive ketones (excluding diaryl/α,β-unsaturated/α-hetero) is 1. The summed E-state index contributed by atoms with van der Waals surface area (Å²) in [7, 11) is 0. The second-order valence-electron chi connectivity index (χ2n) is 7.19. The first-order chi connectivity index (χ1) is 13.3. The molecule has 3 aromatic rings. The van der Waals surface area contributed by atoms with Gasteiger partial charge in [0.1, 0.15) is 12.3 Å². The van der Waals surface area contributed by atoms with Gasteiger partial charge in [0, 0.05) is 16.7 Å². The van der Waals surface area contributed by atoms with Gasteiger partial charge < -0.3 is 9.73 Å². The fraction of sp³-hybridized carbons (Fsp3) is 0.316. The molecule has 0 radical (unpaired) electrons. The number of thioether (sulfide) groups is 1. The van der Waals surface area contributed by atoms with E-state index in [4.69, 9.17) is 4.42 Å². The number of carbonyl (C=O) groups is 2. The van der Waals surface area contributed by atoms with E-state index in [0.29, 0.717) is 23.0 Å². The summed E-state index contributed by atoms with van der Waals surface area (Å²) in [6.45, 7) is 5.93. The van der Waals surface area contributed by atoms with Gasteiger partial charge in [-0.25, -0.2) is 4.68 Å². The molecule has 0 unspecified atom stereocenters. The molecule has 9 heteroatoms. The molecule has 0 spiro atoms. The van der Waals surface area contributed by atoms with Crippen LogP contribution in [0.25, 0.3) is 0 Å². The number of tetrazole rings is 1. The average Bonchev–Trinajstić information content (AvgIpc) is 3.32. The highest BCUT2D eigenvalue weighted by Gasteiger charge is 2.21. The van der Waals surface area contributed by atoms with Gasteiger partial charge in [-0.15, -0.1) is 5.10 Å².